The van der Waals surface area contributed by atoms with Gasteiger partial charge in [-0.25, -0.2) is 9.78 Å². The van der Waals surface area contributed by atoms with E-state index in [1.165, 1.54) is 12.3 Å². The Morgan fingerprint density at radius 2 is 2.17 bits per heavy atom. The molecule has 5 nitrogen and oxygen atoms in total. The topological polar surface area (TPSA) is 73.7 Å². The van der Waals surface area contributed by atoms with Crippen LogP contribution in [0.4, 0.5) is 5.82 Å². The zero-order valence-corrected chi connectivity index (χ0v) is 10.4. The van der Waals surface area contributed by atoms with Gasteiger partial charge >= 0.3 is 5.97 Å². The number of anilines is 1. The van der Waals surface area contributed by atoms with E-state index in [9.17, 15) is 9.90 Å². The Balaban J connectivity index is 2.05. The Kier molecular flexibility index (Phi) is 3.81. The highest BCUT2D eigenvalue weighted by atomic mass is 16.4. The van der Waals surface area contributed by atoms with Crippen LogP contribution in [-0.4, -0.2) is 40.4 Å². The van der Waals surface area contributed by atoms with E-state index in [0.29, 0.717) is 11.7 Å². The summed E-state index contributed by atoms with van der Waals surface area (Å²) in [7, 11) is 0. The number of carbonyl (C=O) groups is 1. The smallest absolute Gasteiger partial charge is 0.335 e. The molecule has 5 heteroatoms. The highest BCUT2D eigenvalue weighted by Crippen LogP contribution is 2.24. The molecule has 1 aliphatic rings. The Labute approximate surface area is 106 Å². The van der Waals surface area contributed by atoms with Crippen LogP contribution in [0.3, 0.4) is 0 Å². The molecule has 1 saturated heterocycles. The minimum absolute atomic E-state index is 0.262. The number of hydrogen-bond acceptors (Lipinski definition) is 4. The second kappa shape index (κ2) is 5.35. The van der Waals surface area contributed by atoms with E-state index in [4.69, 9.17) is 5.11 Å². The first-order valence-corrected chi connectivity index (χ1v) is 6.20. The van der Waals surface area contributed by atoms with Crippen molar-refractivity contribution in [2.45, 2.75) is 25.9 Å². The molecule has 0 aliphatic carbocycles. The Morgan fingerprint density at radius 3 is 2.72 bits per heavy atom. The molecular formula is C13H18N2O3. The Morgan fingerprint density at radius 1 is 1.50 bits per heavy atom. The van der Waals surface area contributed by atoms with Gasteiger partial charge < -0.3 is 15.1 Å². The minimum atomic E-state index is -0.933. The van der Waals surface area contributed by atoms with Crippen molar-refractivity contribution in [2.24, 2.45) is 5.92 Å². The summed E-state index contributed by atoms with van der Waals surface area (Å²) >= 11 is 0. The molecule has 1 unspecified atom stereocenters. The molecule has 1 aromatic rings. The Hall–Kier alpha value is -1.62. The predicted molar refractivity (Wildman–Crippen MR) is 67.8 cm³/mol. The second-order valence-corrected chi connectivity index (χ2v) is 4.77. The summed E-state index contributed by atoms with van der Waals surface area (Å²) in [6, 6.07) is 3.10. The molecule has 18 heavy (non-hydrogen) atoms. The lowest BCUT2D eigenvalue weighted by atomic mass is 9.92. The summed E-state index contributed by atoms with van der Waals surface area (Å²) in [5, 5.41) is 18.5. The number of carboxylic acid groups (broad SMARTS) is 1. The number of piperidine rings is 1. The van der Waals surface area contributed by atoms with Crippen LogP contribution < -0.4 is 4.90 Å². The van der Waals surface area contributed by atoms with Crippen molar-refractivity contribution < 1.29 is 15.0 Å². The number of carboxylic acids is 1. The molecule has 0 amide bonds. The molecule has 0 saturated carbocycles. The van der Waals surface area contributed by atoms with Crippen LogP contribution >= 0.6 is 0 Å². The summed E-state index contributed by atoms with van der Waals surface area (Å²) in [6.07, 6.45) is 3.08. The van der Waals surface area contributed by atoms with Gasteiger partial charge in [-0.1, -0.05) is 0 Å². The maximum atomic E-state index is 10.9. The number of rotatable bonds is 3. The molecule has 0 bridgehead atoms. The van der Waals surface area contributed by atoms with E-state index >= 15 is 0 Å². The van der Waals surface area contributed by atoms with Gasteiger partial charge in [-0.2, -0.15) is 0 Å². The lowest BCUT2D eigenvalue weighted by Crippen LogP contribution is -2.37. The van der Waals surface area contributed by atoms with E-state index in [1.807, 2.05) is 6.92 Å². The van der Waals surface area contributed by atoms with Gasteiger partial charge in [0, 0.05) is 19.3 Å². The van der Waals surface area contributed by atoms with Crippen LogP contribution in [0.15, 0.2) is 18.3 Å². The fraction of sp³-hybridized carbons (Fsp3) is 0.538. The fourth-order valence-corrected chi connectivity index (χ4v) is 2.34. The third-order valence-electron chi connectivity index (χ3n) is 3.54. The number of nitrogens with zero attached hydrogens (tertiary/aromatic N) is 2. The summed E-state index contributed by atoms with van der Waals surface area (Å²) in [5.74, 6) is 0.111. The molecule has 0 radical (unpaired) electrons. The summed E-state index contributed by atoms with van der Waals surface area (Å²) in [4.78, 5) is 17.2. The number of pyridine rings is 1. The van der Waals surface area contributed by atoms with Crippen LogP contribution in [0.25, 0.3) is 0 Å². The maximum absolute atomic E-state index is 10.9. The van der Waals surface area contributed by atoms with Crippen molar-refractivity contribution in [3.63, 3.8) is 0 Å². The van der Waals surface area contributed by atoms with Gasteiger partial charge in [-0.15, -0.1) is 0 Å². The molecular weight excluding hydrogens is 232 g/mol. The van der Waals surface area contributed by atoms with Gasteiger partial charge in [0.15, 0.2) is 0 Å². The molecule has 2 heterocycles. The van der Waals surface area contributed by atoms with E-state index < -0.39 is 5.97 Å². The SMILES string of the molecule is CC(O)C1CCN(c2cc(C(=O)O)ccn2)CC1. The summed E-state index contributed by atoms with van der Waals surface area (Å²) in [6.45, 7) is 3.45. The van der Waals surface area contributed by atoms with Gasteiger partial charge in [-0.3, -0.25) is 0 Å². The lowest BCUT2D eigenvalue weighted by molar-refractivity contribution is 0.0697. The highest BCUT2D eigenvalue weighted by molar-refractivity contribution is 5.88. The molecule has 0 aromatic carbocycles. The van der Waals surface area contributed by atoms with Crippen molar-refractivity contribution in [2.75, 3.05) is 18.0 Å². The third-order valence-corrected chi connectivity index (χ3v) is 3.54. The summed E-state index contributed by atoms with van der Waals surface area (Å²) < 4.78 is 0. The first-order chi connectivity index (χ1) is 8.58. The van der Waals surface area contributed by atoms with E-state index in [1.54, 1.807) is 6.07 Å². The van der Waals surface area contributed by atoms with Crippen molar-refractivity contribution in [1.82, 2.24) is 4.98 Å². The lowest BCUT2D eigenvalue weighted by Gasteiger charge is -2.34. The van der Waals surface area contributed by atoms with Crippen LogP contribution in [0.1, 0.15) is 30.1 Å². The van der Waals surface area contributed by atoms with Crippen molar-refractivity contribution in [3.8, 4) is 0 Å². The standard InChI is InChI=1S/C13H18N2O3/c1-9(16)10-3-6-15(7-4-10)12-8-11(13(17)18)2-5-14-12/h2,5,8-10,16H,3-4,6-7H2,1H3,(H,17,18). The zero-order valence-electron chi connectivity index (χ0n) is 10.4. The molecule has 1 atom stereocenters. The molecule has 2 rings (SSSR count). The van der Waals surface area contributed by atoms with Gasteiger partial charge in [-0.05, 0) is 37.8 Å². The number of aromatic carboxylic acids is 1. The van der Waals surface area contributed by atoms with Gasteiger partial charge in [0.25, 0.3) is 0 Å². The maximum Gasteiger partial charge on any atom is 0.335 e. The fourth-order valence-electron chi connectivity index (χ4n) is 2.34. The molecule has 0 spiro atoms. The molecule has 1 aromatic heterocycles. The number of hydrogen-bond donors (Lipinski definition) is 2. The predicted octanol–water partition coefficient (Wildman–Crippen LogP) is 1.38. The number of aliphatic hydroxyl groups excluding tert-OH is 1. The first kappa shape index (κ1) is 12.8. The summed E-state index contributed by atoms with van der Waals surface area (Å²) in [5.41, 5.74) is 0.262. The highest BCUT2D eigenvalue weighted by Gasteiger charge is 2.23. The normalized spacial score (nSPS) is 18.7. The number of aromatic nitrogens is 1. The quantitative estimate of drug-likeness (QED) is 0.847. The Bertz CT molecular complexity index is 426. The third kappa shape index (κ3) is 2.79. The van der Waals surface area contributed by atoms with Crippen molar-refractivity contribution in [1.29, 1.82) is 0 Å². The zero-order chi connectivity index (χ0) is 13.1. The molecule has 1 aliphatic heterocycles. The van der Waals surface area contributed by atoms with Crippen LogP contribution in [0.5, 0.6) is 0 Å². The van der Waals surface area contributed by atoms with Crippen LogP contribution in [-0.2, 0) is 0 Å². The van der Waals surface area contributed by atoms with Gasteiger partial charge in [0.2, 0.25) is 0 Å². The van der Waals surface area contributed by atoms with E-state index in [-0.39, 0.29) is 11.7 Å². The van der Waals surface area contributed by atoms with Crippen molar-refractivity contribution >= 4 is 11.8 Å². The molecule has 2 N–H and O–H groups in total. The van der Waals surface area contributed by atoms with Gasteiger partial charge in [0.1, 0.15) is 5.82 Å². The molecule has 98 valence electrons. The monoisotopic (exact) mass is 250 g/mol. The number of aliphatic hydroxyl groups is 1. The van der Waals surface area contributed by atoms with Crippen LogP contribution in [0, 0.1) is 5.92 Å². The average Bonchev–Trinajstić information content (AvgIpc) is 2.39. The van der Waals surface area contributed by atoms with Crippen LogP contribution in [0.2, 0.25) is 0 Å². The largest absolute Gasteiger partial charge is 0.478 e. The van der Waals surface area contributed by atoms with Crippen molar-refractivity contribution in [3.05, 3.63) is 23.9 Å². The van der Waals surface area contributed by atoms with E-state index in [0.717, 1.165) is 25.9 Å². The minimum Gasteiger partial charge on any atom is -0.478 e. The average molecular weight is 250 g/mol. The second-order valence-electron chi connectivity index (χ2n) is 4.77. The van der Waals surface area contributed by atoms with Gasteiger partial charge in [0.05, 0.1) is 11.7 Å². The molecule has 1 fully saturated rings. The van der Waals surface area contributed by atoms with E-state index in [2.05, 4.69) is 9.88 Å². The first-order valence-electron chi connectivity index (χ1n) is 6.20.